The highest BCUT2D eigenvalue weighted by Crippen LogP contribution is 2.18. The normalized spacial score (nSPS) is 10.3. The van der Waals surface area contributed by atoms with E-state index >= 15 is 0 Å². The maximum atomic E-state index is 13.8. The van der Waals surface area contributed by atoms with E-state index in [9.17, 15) is 4.39 Å². The average molecular weight is 272 g/mol. The molecular weight excluding hydrogens is 251 g/mol. The quantitative estimate of drug-likeness (QED) is 0.852. The number of nitrogens with zero attached hydrogens (tertiary/aromatic N) is 1. The Morgan fingerprint density at radius 2 is 1.75 bits per heavy atom. The molecule has 0 radical (unpaired) electrons. The fourth-order valence-electron chi connectivity index (χ4n) is 2.16. The summed E-state index contributed by atoms with van der Waals surface area (Å²) in [5.41, 5.74) is 3.01. The van der Waals surface area contributed by atoms with Gasteiger partial charge in [0, 0.05) is 25.3 Å². The van der Waals surface area contributed by atoms with Crippen molar-refractivity contribution in [2.24, 2.45) is 0 Å². The molecule has 3 heteroatoms. The molecule has 0 amide bonds. The molecule has 0 unspecified atom stereocenters. The largest absolute Gasteiger partial charge is 0.383 e. The van der Waals surface area contributed by atoms with E-state index in [4.69, 9.17) is 0 Å². The van der Waals surface area contributed by atoms with Crippen molar-refractivity contribution >= 4 is 11.4 Å². The maximum absolute atomic E-state index is 13.8. The Kier molecular flexibility index (Phi) is 4.99. The van der Waals surface area contributed by atoms with Gasteiger partial charge in [-0.3, -0.25) is 0 Å². The predicted molar refractivity (Wildman–Crippen MR) is 84.0 cm³/mol. The van der Waals surface area contributed by atoms with Crippen LogP contribution in [0.1, 0.15) is 12.5 Å². The van der Waals surface area contributed by atoms with Crippen LogP contribution in [0.4, 0.5) is 15.8 Å². The number of para-hydroxylation sites is 1. The molecule has 0 spiro atoms. The fourth-order valence-corrected chi connectivity index (χ4v) is 2.16. The third-order valence-corrected chi connectivity index (χ3v) is 3.34. The highest BCUT2D eigenvalue weighted by atomic mass is 19.1. The van der Waals surface area contributed by atoms with Crippen LogP contribution in [0.5, 0.6) is 0 Å². The first kappa shape index (κ1) is 14.4. The molecule has 2 nitrogen and oxygen atoms in total. The minimum atomic E-state index is -0.162. The van der Waals surface area contributed by atoms with Gasteiger partial charge < -0.3 is 10.2 Å². The van der Waals surface area contributed by atoms with Crippen LogP contribution in [-0.4, -0.2) is 19.6 Å². The lowest BCUT2D eigenvalue weighted by atomic mass is 10.2. The number of anilines is 2. The van der Waals surface area contributed by atoms with Crippen molar-refractivity contribution in [2.45, 2.75) is 13.8 Å². The zero-order valence-electron chi connectivity index (χ0n) is 12.1. The van der Waals surface area contributed by atoms with Crippen molar-refractivity contribution in [1.82, 2.24) is 0 Å². The molecular formula is C17H21FN2. The lowest BCUT2D eigenvalue weighted by molar-refractivity contribution is 0.619. The Bertz CT molecular complexity index is 537. The Labute approximate surface area is 120 Å². The van der Waals surface area contributed by atoms with Crippen molar-refractivity contribution in [1.29, 1.82) is 0 Å². The van der Waals surface area contributed by atoms with Crippen molar-refractivity contribution in [3.05, 3.63) is 59.9 Å². The van der Waals surface area contributed by atoms with Gasteiger partial charge >= 0.3 is 0 Å². The van der Waals surface area contributed by atoms with E-state index in [1.807, 2.05) is 24.0 Å². The summed E-state index contributed by atoms with van der Waals surface area (Å²) in [7, 11) is 0. The highest BCUT2D eigenvalue weighted by Gasteiger charge is 2.08. The summed E-state index contributed by atoms with van der Waals surface area (Å²) in [5.74, 6) is -0.162. The van der Waals surface area contributed by atoms with E-state index in [1.165, 1.54) is 11.6 Å². The molecule has 0 fully saturated rings. The van der Waals surface area contributed by atoms with Crippen molar-refractivity contribution in [3.63, 3.8) is 0 Å². The van der Waals surface area contributed by atoms with E-state index in [1.54, 1.807) is 6.07 Å². The number of rotatable bonds is 6. The summed E-state index contributed by atoms with van der Waals surface area (Å²) in [6.07, 6.45) is 0. The third-order valence-electron chi connectivity index (χ3n) is 3.34. The van der Waals surface area contributed by atoms with E-state index in [0.29, 0.717) is 5.69 Å². The molecule has 0 aliphatic carbocycles. The molecule has 0 aliphatic heterocycles. The Balaban J connectivity index is 1.91. The van der Waals surface area contributed by atoms with Gasteiger partial charge in [-0.25, -0.2) is 4.39 Å². The number of aryl methyl sites for hydroxylation is 1. The minimum absolute atomic E-state index is 0.162. The van der Waals surface area contributed by atoms with Gasteiger partial charge in [-0.05, 0) is 38.1 Å². The molecule has 2 aromatic carbocycles. The summed E-state index contributed by atoms with van der Waals surface area (Å²) in [6.45, 7) is 6.45. The maximum Gasteiger partial charge on any atom is 0.146 e. The Morgan fingerprint density at radius 1 is 1.05 bits per heavy atom. The van der Waals surface area contributed by atoms with Crippen LogP contribution in [0.15, 0.2) is 48.5 Å². The molecule has 0 saturated carbocycles. The predicted octanol–water partition coefficient (Wildman–Crippen LogP) is 4.07. The number of halogens is 1. The second-order valence-electron chi connectivity index (χ2n) is 4.82. The lowest BCUT2D eigenvalue weighted by Gasteiger charge is -2.24. The fraction of sp³-hybridized carbons (Fsp3) is 0.294. The van der Waals surface area contributed by atoms with Crippen LogP contribution >= 0.6 is 0 Å². The zero-order chi connectivity index (χ0) is 14.4. The molecule has 2 rings (SSSR count). The van der Waals surface area contributed by atoms with E-state index in [0.717, 1.165) is 25.3 Å². The van der Waals surface area contributed by atoms with Gasteiger partial charge in [-0.2, -0.15) is 0 Å². The smallest absolute Gasteiger partial charge is 0.146 e. The lowest BCUT2D eigenvalue weighted by Crippen LogP contribution is -2.29. The molecule has 20 heavy (non-hydrogen) atoms. The number of hydrogen-bond acceptors (Lipinski definition) is 2. The third kappa shape index (κ3) is 3.73. The molecule has 0 heterocycles. The van der Waals surface area contributed by atoms with Crippen LogP contribution < -0.4 is 10.2 Å². The zero-order valence-corrected chi connectivity index (χ0v) is 12.1. The Hall–Kier alpha value is -2.03. The number of nitrogens with one attached hydrogen (secondary N) is 1. The molecule has 1 N–H and O–H groups in total. The molecule has 106 valence electrons. The van der Waals surface area contributed by atoms with Gasteiger partial charge in [-0.1, -0.05) is 29.8 Å². The minimum Gasteiger partial charge on any atom is -0.383 e. The van der Waals surface area contributed by atoms with Crippen LogP contribution in [0.3, 0.4) is 0 Å². The van der Waals surface area contributed by atoms with Crippen molar-refractivity contribution in [2.75, 3.05) is 29.9 Å². The highest BCUT2D eigenvalue weighted by molar-refractivity contribution is 5.48. The van der Waals surface area contributed by atoms with E-state index in [2.05, 4.69) is 36.5 Å². The van der Waals surface area contributed by atoms with Crippen molar-refractivity contribution < 1.29 is 4.39 Å². The summed E-state index contributed by atoms with van der Waals surface area (Å²) in [6, 6.07) is 15.2. The van der Waals surface area contributed by atoms with Gasteiger partial charge in [-0.15, -0.1) is 0 Å². The number of likely N-dealkylation sites (N-methyl/N-ethyl adjacent to an activating group) is 1. The van der Waals surface area contributed by atoms with E-state index in [-0.39, 0.29) is 5.82 Å². The second kappa shape index (κ2) is 6.94. The molecule has 0 saturated heterocycles. The molecule has 0 aliphatic rings. The van der Waals surface area contributed by atoms with Gasteiger partial charge in [0.05, 0.1) is 5.69 Å². The molecule has 0 aromatic heterocycles. The first-order chi connectivity index (χ1) is 9.70. The van der Waals surface area contributed by atoms with Crippen LogP contribution in [0, 0.1) is 12.7 Å². The topological polar surface area (TPSA) is 15.3 Å². The SMILES string of the molecule is CCN(CCNc1ccc(C)cc1)c1ccccc1F. The van der Waals surface area contributed by atoms with Crippen LogP contribution in [0.2, 0.25) is 0 Å². The first-order valence-corrected chi connectivity index (χ1v) is 7.00. The number of benzene rings is 2. The average Bonchev–Trinajstić information content (AvgIpc) is 2.47. The number of hydrogen-bond donors (Lipinski definition) is 1. The van der Waals surface area contributed by atoms with E-state index < -0.39 is 0 Å². The summed E-state index contributed by atoms with van der Waals surface area (Å²) < 4.78 is 13.8. The van der Waals surface area contributed by atoms with Gasteiger partial charge in [0.15, 0.2) is 0 Å². The van der Waals surface area contributed by atoms with Crippen LogP contribution in [-0.2, 0) is 0 Å². The van der Waals surface area contributed by atoms with Gasteiger partial charge in [0.1, 0.15) is 5.82 Å². The summed E-state index contributed by atoms with van der Waals surface area (Å²) in [5, 5.41) is 3.36. The van der Waals surface area contributed by atoms with Gasteiger partial charge in [0.25, 0.3) is 0 Å². The van der Waals surface area contributed by atoms with Crippen LogP contribution in [0.25, 0.3) is 0 Å². The molecule has 2 aromatic rings. The first-order valence-electron chi connectivity index (χ1n) is 7.00. The Morgan fingerprint density at radius 3 is 2.40 bits per heavy atom. The summed E-state index contributed by atoms with van der Waals surface area (Å²) in [4.78, 5) is 2.04. The monoisotopic (exact) mass is 272 g/mol. The summed E-state index contributed by atoms with van der Waals surface area (Å²) >= 11 is 0. The molecule has 0 atom stereocenters. The standard InChI is InChI=1S/C17H21FN2/c1-3-20(17-7-5-4-6-16(17)18)13-12-19-15-10-8-14(2)9-11-15/h4-11,19H,3,12-13H2,1-2H3. The second-order valence-corrected chi connectivity index (χ2v) is 4.82. The van der Waals surface area contributed by atoms with Crippen molar-refractivity contribution in [3.8, 4) is 0 Å². The molecule has 0 bridgehead atoms. The van der Waals surface area contributed by atoms with Gasteiger partial charge in [0.2, 0.25) is 0 Å².